The summed E-state index contributed by atoms with van der Waals surface area (Å²) in [6, 6.07) is 33.0. The molecule has 6 nitrogen and oxygen atoms in total. The average molecular weight is 574 g/mol. The zero-order chi connectivity index (χ0) is 29.4. The van der Waals surface area contributed by atoms with Gasteiger partial charge in [-0.25, -0.2) is 0 Å². The van der Waals surface area contributed by atoms with Crippen LogP contribution < -0.4 is 19.9 Å². The first kappa shape index (κ1) is 27.5. The van der Waals surface area contributed by atoms with Gasteiger partial charge in [0.05, 0.1) is 17.8 Å². The maximum absolute atomic E-state index is 6.18. The quantitative estimate of drug-likeness (QED) is 0.200. The van der Waals surface area contributed by atoms with Crippen LogP contribution in [-0.2, 0) is 0 Å². The zero-order valence-corrected chi connectivity index (χ0v) is 25.4. The molecule has 42 heavy (non-hydrogen) atoms. The van der Waals surface area contributed by atoms with Crippen LogP contribution >= 0.6 is 12.2 Å². The van der Waals surface area contributed by atoms with Crippen LogP contribution in [0.15, 0.2) is 103 Å². The molecule has 0 bridgehead atoms. The minimum atomic E-state index is -0.119. The lowest BCUT2D eigenvalue weighted by atomic mass is 9.96. The Labute approximate surface area is 253 Å². The molecule has 0 amide bonds. The summed E-state index contributed by atoms with van der Waals surface area (Å²) < 4.78 is 8.50. The van der Waals surface area contributed by atoms with Gasteiger partial charge >= 0.3 is 0 Å². The number of benzene rings is 3. The Morgan fingerprint density at radius 3 is 2.19 bits per heavy atom. The molecule has 212 valence electrons. The summed E-state index contributed by atoms with van der Waals surface area (Å²) in [6.07, 6.45) is 1.84. The Hall–Kier alpha value is -4.62. The van der Waals surface area contributed by atoms with E-state index in [0.717, 1.165) is 34.1 Å². The normalized spacial score (nSPS) is 16.4. The van der Waals surface area contributed by atoms with Crippen molar-refractivity contribution in [1.29, 1.82) is 0 Å². The van der Waals surface area contributed by atoms with Gasteiger partial charge in [0.2, 0.25) is 0 Å². The molecule has 3 aromatic carbocycles. The van der Waals surface area contributed by atoms with E-state index in [2.05, 4.69) is 96.2 Å². The van der Waals surface area contributed by atoms with E-state index in [0.29, 0.717) is 5.11 Å². The second kappa shape index (κ2) is 11.3. The third-order valence-electron chi connectivity index (χ3n) is 7.95. The Morgan fingerprint density at radius 2 is 1.52 bits per heavy atom. The fraction of sp³-hybridized carbons (Fsp3) is 0.200. The van der Waals surface area contributed by atoms with E-state index in [-0.39, 0.29) is 12.1 Å². The number of hydrogen-bond donors (Lipinski definition) is 1. The molecule has 0 spiro atoms. The summed E-state index contributed by atoms with van der Waals surface area (Å²) >= 11 is 5.99. The molecular formula is C35H35N5OS. The van der Waals surface area contributed by atoms with E-state index in [4.69, 9.17) is 21.9 Å². The lowest BCUT2D eigenvalue weighted by molar-refractivity contribution is 0.479. The molecular weight excluding hydrogens is 538 g/mol. The molecule has 1 fully saturated rings. The number of aryl methyl sites for hydroxylation is 2. The average Bonchev–Trinajstić information content (AvgIpc) is 3.49. The molecule has 1 N–H and O–H groups in total. The Bertz CT molecular complexity index is 1710. The standard InChI is InChI=1S/C35H35N5OS/c1-23-10-6-7-12-32(23)41-29-19-17-28(18-20-29)40-34(33(37-35(40)42)31-11-8-9-21-36-31)30-22-24(2)39(25(30)3)27-15-13-26(14-16-27)38(4)5/h6-22,33-34H,1-5H3,(H,37,42)/t33-,34-/m1/s1. The fourth-order valence-electron chi connectivity index (χ4n) is 5.81. The van der Waals surface area contributed by atoms with Crippen molar-refractivity contribution >= 4 is 28.7 Å². The molecule has 5 aromatic rings. The molecule has 0 aliphatic carbocycles. The highest BCUT2D eigenvalue weighted by molar-refractivity contribution is 7.80. The predicted octanol–water partition coefficient (Wildman–Crippen LogP) is 7.83. The molecule has 0 saturated carbocycles. The largest absolute Gasteiger partial charge is 0.457 e. The topological polar surface area (TPSA) is 45.6 Å². The van der Waals surface area contributed by atoms with Gasteiger partial charge in [-0.2, -0.15) is 0 Å². The van der Waals surface area contributed by atoms with E-state index in [1.54, 1.807) is 0 Å². The van der Waals surface area contributed by atoms with Crippen molar-refractivity contribution < 1.29 is 4.74 Å². The van der Waals surface area contributed by atoms with Gasteiger partial charge in [-0.1, -0.05) is 24.3 Å². The number of pyridine rings is 1. The summed E-state index contributed by atoms with van der Waals surface area (Å²) in [5.41, 5.74) is 8.88. The zero-order valence-electron chi connectivity index (χ0n) is 24.6. The molecule has 1 aliphatic heterocycles. The van der Waals surface area contributed by atoms with Crippen LogP contribution in [0.5, 0.6) is 11.5 Å². The minimum Gasteiger partial charge on any atom is -0.457 e. The van der Waals surface area contributed by atoms with E-state index in [1.165, 1.54) is 22.6 Å². The number of ether oxygens (including phenoxy) is 1. The van der Waals surface area contributed by atoms with Crippen molar-refractivity contribution in [2.24, 2.45) is 0 Å². The molecule has 6 rings (SSSR count). The lowest BCUT2D eigenvalue weighted by Crippen LogP contribution is -2.29. The molecule has 2 aromatic heterocycles. The van der Waals surface area contributed by atoms with E-state index in [9.17, 15) is 0 Å². The maximum Gasteiger partial charge on any atom is 0.174 e. The lowest BCUT2D eigenvalue weighted by Gasteiger charge is -2.28. The van der Waals surface area contributed by atoms with Gasteiger partial charge in [0.1, 0.15) is 11.5 Å². The smallest absolute Gasteiger partial charge is 0.174 e. The first-order chi connectivity index (χ1) is 20.3. The monoisotopic (exact) mass is 573 g/mol. The van der Waals surface area contributed by atoms with Crippen molar-refractivity contribution in [3.05, 3.63) is 131 Å². The van der Waals surface area contributed by atoms with Crippen LogP contribution in [0.25, 0.3) is 5.69 Å². The van der Waals surface area contributed by atoms with Crippen LogP contribution in [0, 0.1) is 20.8 Å². The van der Waals surface area contributed by atoms with Crippen molar-refractivity contribution in [2.75, 3.05) is 23.9 Å². The van der Waals surface area contributed by atoms with Crippen LogP contribution in [0.1, 0.15) is 40.3 Å². The van der Waals surface area contributed by atoms with Crippen LogP contribution in [-0.4, -0.2) is 28.8 Å². The summed E-state index contributed by atoms with van der Waals surface area (Å²) in [4.78, 5) is 9.06. The number of anilines is 2. The summed E-state index contributed by atoms with van der Waals surface area (Å²) in [5, 5.41) is 4.26. The molecule has 1 saturated heterocycles. The summed E-state index contributed by atoms with van der Waals surface area (Å²) in [6.45, 7) is 6.40. The van der Waals surface area contributed by atoms with Gasteiger partial charge in [-0.05, 0) is 117 Å². The highest BCUT2D eigenvalue weighted by Gasteiger charge is 2.42. The first-order valence-electron chi connectivity index (χ1n) is 14.1. The Morgan fingerprint density at radius 1 is 0.833 bits per heavy atom. The van der Waals surface area contributed by atoms with E-state index < -0.39 is 0 Å². The highest BCUT2D eigenvalue weighted by Crippen LogP contribution is 2.44. The number of para-hydroxylation sites is 1. The minimum absolute atomic E-state index is 0.100. The molecule has 0 unspecified atom stereocenters. The summed E-state index contributed by atoms with van der Waals surface area (Å²) in [5.74, 6) is 1.63. The van der Waals surface area contributed by atoms with Crippen molar-refractivity contribution in [1.82, 2.24) is 14.9 Å². The summed E-state index contributed by atoms with van der Waals surface area (Å²) in [7, 11) is 4.12. The Kier molecular flexibility index (Phi) is 7.43. The number of rotatable bonds is 7. The molecule has 2 atom stereocenters. The molecule has 7 heteroatoms. The molecule has 1 aliphatic rings. The third kappa shape index (κ3) is 5.12. The first-order valence-corrected chi connectivity index (χ1v) is 14.5. The van der Waals surface area contributed by atoms with Gasteiger partial charge in [0, 0.05) is 48.7 Å². The molecule has 3 heterocycles. The van der Waals surface area contributed by atoms with Crippen LogP contribution in [0.3, 0.4) is 0 Å². The van der Waals surface area contributed by atoms with Gasteiger partial charge in [-0.3, -0.25) is 4.98 Å². The number of thiocarbonyl (C=S) groups is 1. The maximum atomic E-state index is 6.18. The second-order valence-electron chi connectivity index (χ2n) is 10.9. The van der Waals surface area contributed by atoms with Gasteiger partial charge in [0.25, 0.3) is 0 Å². The number of nitrogens with one attached hydrogen (secondary N) is 1. The predicted molar refractivity (Wildman–Crippen MR) is 175 cm³/mol. The van der Waals surface area contributed by atoms with Crippen molar-refractivity contribution in [2.45, 2.75) is 32.9 Å². The number of aromatic nitrogens is 2. The van der Waals surface area contributed by atoms with Gasteiger partial charge < -0.3 is 24.4 Å². The fourth-order valence-corrected chi connectivity index (χ4v) is 6.15. The number of nitrogens with zero attached hydrogens (tertiary/aromatic N) is 4. The van der Waals surface area contributed by atoms with Crippen molar-refractivity contribution in [3.63, 3.8) is 0 Å². The van der Waals surface area contributed by atoms with Gasteiger partial charge in [-0.15, -0.1) is 0 Å². The van der Waals surface area contributed by atoms with E-state index in [1.807, 2.05) is 61.7 Å². The van der Waals surface area contributed by atoms with Gasteiger partial charge in [0.15, 0.2) is 5.11 Å². The Balaban J connectivity index is 1.40. The van der Waals surface area contributed by atoms with Crippen LogP contribution in [0.4, 0.5) is 11.4 Å². The SMILES string of the molecule is Cc1ccccc1Oc1ccc(N2C(=S)N[C@H](c3ccccn3)[C@H]2c2cc(C)n(-c3ccc(N(C)C)cc3)c2C)cc1. The molecule has 0 radical (unpaired) electrons. The van der Waals surface area contributed by atoms with E-state index >= 15 is 0 Å². The second-order valence-corrected chi connectivity index (χ2v) is 11.3. The third-order valence-corrected chi connectivity index (χ3v) is 8.26. The van der Waals surface area contributed by atoms with Crippen molar-refractivity contribution in [3.8, 4) is 17.2 Å². The number of hydrogen-bond acceptors (Lipinski definition) is 4. The highest BCUT2D eigenvalue weighted by atomic mass is 32.1. The van der Waals surface area contributed by atoms with Crippen LogP contribution in [0.2, 0.25) is 0 Å².